The van der Waals surface area contributed by atoms with Gasteiger partial charge < -0.3 is 9.64 Å². The first-order chi connectivity index (χ1) is 11.8. The summed E-state index contributed by atoms with van der Waals surface area (Å²) in [4.78, 5) is 19.4. The Hall–Kier alpha value is -2.21. The summed E-state index contributed by atoms with van der Waals surface area (Å²) in [6.07, 6.45) is 8.04. The average molecular weight is 326 g/mol. The molecule has 6 heteroatoms. The van der Waals surface area contributed by atoms with E-state index in [-0.39, 0.29) is 18.1 Å². The molecular formula is C18H22N4O2. The van der Waals surface area contributed by atoms with Crippen LogP contribution in [0.4, 0.5) is 0 Å². The Morgan fingerprint density at radius 1 is 1.29 bits per heavy atom. The van der Waals surface area contributed by atoms with E-state index < -0.39 is 0 Å². The maximum atomic E-state index is 13.1. The summed E-state index contributed by atoms with van der Waals surface area (Å²) in [5, 5.41) is 4.38. The standard InChI is InChI=1S/C18H22N4O2/c1-13-14(12-20-22(13)17-8-4-5-9-19-17)18(23)21-10-11-24-16-7-3-2-6-15(16)21/h4-5,8-9,12,15-16H,2-3,6-7,10-11H2,1H3/t15-,16-/m1/s1. The van der Waals surface area contributed by atoms with Gasteiger partial charge in [0, 0.05) is 12.7 Å². The summed E-state index contributed by atoms with van der Waals surface area (Å²) in [5.74, 6) is 0.793. The van der Waals surface area contributed by atoms with Crippen LogP contribution in [-0.4, -0.2) is 50.9 Å². The van der Waals surface area contributed by atoms with Crippen molar-refractivity contribution in [2.45, 2.75) is 44.8 Å². The van der Waals surface area contributed by atoms with Gasteiger partial charge in [-0.3, -0.25) is 4.79 Å². The van der Waals surface area contributed by atoms with E-state index >= 15 is 0 Å². The molecule has 0 aromatic carbocycles. The predicted octanol–water partition coefficient (Wildman–Crippen LogP) is 2.36. The molecule has 0 radical (unpaired) electrons. The van der Waals surface area contributed by atoms with Crippen LogP contribution in [-0.2, 0) is 4.74 Å². The average Bonchev–Trinajstić information content (AvgIpc) is 3.03. The minimum Gasteiger partial charge on any atom is -0.374 e. The molecule has 2 aromatic heterocycles. The van der Waals surface area contributed by atoms with E-state index in [1.54, 1.807) is 17.1 Å². The second-order valence-corrected chi connectivity index (χ2v) is 6.50. The molecule has 4 rings (SSSR count). The molecule has 126 valence electrons. The Morgan fingerprint density at radius 2 is 2.17 bits per heavy atom. The second kappa shape index (κ2) is 6.36. The number of hydrogen-bond acceptors (Lipinski definition) is 4. The van der Waals surface area contributed by atoms with Gasteiger partial charge in [0.25, 0.3) is 5.91 Å². The molecule has 24 heavy (non-hydrogen) atoms. The molecule has 0 spiro atoms. The first-order valence-corrected chi connectivity index (χ1v) is 8.64. The van der Waals surface area contributed by atoms with Crippen LogP contribution in [0.1, 0.15) is 41.7 Å². The molecule has 2 fully saturated rings. The van der Waals surface area contributed by atoms with Crippen molar-refractivity contribution >= 4 is 5.91 Å². The third kappa shape index (κ3) is 2.60. The van der Waals surface area contributed by atoms with Crippen molar-refractivity contribution in [2.24, 2.45) is 0 Å². The maximum Gasteiger partial charge on any atom is 0.257 e. The fourth-order valence-electron chi connectivity index (χ4n) is 3.83. The molecule has 0 N–H and O–H groups in total. The van der Waals surface area contributed by atoms with Crippen molar-refractivity contribution in [3.63, 3.8) is 0 Å². The number of rotatable bonds is 2. The van der Waals surface area contributed by atoms with Gasteiger partial charge in [-0.25, -0.2) is 9.67 Å². The Morgan fingerprint density at radius 3 is 3.00 bits per heavy atom. The maximum absolute atomic E-state index is 13.1. The number of hydrogen-bond donors (Lipinski definition) is 0. The van der Waals surface area contributed by atoms with Crippen LogP contribution in [0.25, 0.3) is 5.82 Å². The smallest absolute Gasteiger partial charge is 0.257 e. The largest absolute Gasteiger partial charge is 0.374 e. The molecule has 1 amide bonds. The Kier molecular flexibility index (Phi) is 4.06. The number of fused-ring (bicyclic) bond motifs is 1. The van der Waals surface area contributed by atoms with Crippen LogP contribution in [0.2, 0.25) is 0 Å². The molecule has 1 aliphatic carbocycles. The van der Waals surface area contributed by atoms with Crippen LogP contribution < -0.4 is 0 Å². The number of aromatic nitrogens is 3. The summed E-state index contributed by atoms with van der Waals surface area (Å²) in [6, 6.07) is 5.88. The number of ether oxygens (including phenoxy) is 1. The highest BCUT2D eigenvalue weighted by atomic mass is 16.5. The zero-order chi connectivity index (χ0) is 16.5. The molecule has 1 saturated heterocycles. The van der Waals surface area contributed by atoms with E-state index in [0.717, 1.165) is 24.4 Å². The molecule has 6 nitrogen and oxygen atoms in total. The lowest BCUT2D eigenvalue weighted by Gasteiger charge is -2.43. The van der Waals surface area contributed by atoms with Crippen molar-refractivity contribution in [3.8, 4) is 5.82 Å². The lowest BCUT2D eigenvalue weighted by atomic mass is 9.90. The Balaban J connectivity index is 1.62. The molecular weight excluding hydrogens is 304 g/mol. The monoisotopic (exact) mass is 326 g/mol. The highest BCUT2D eigenvalue weighted by molar-refractivity contribution is 5.95. The van der Waals surface area contributed by atoms with E-state index in [2.05, 4.69) is 10.1 Å². The zero-order valence-corrected chi connectivity index (χ0v) is 13.9. The fraction of sp³-hybridized carbons (Fsp3) is 0.500. The third-order valence-corrected chi connectivity index (χ3v) is 5.10. The molecule has 3 heterocycles. The molecule has 2 aliphatic rings. The van der Waals surface area contributed by atoms with Crippen molar-refractivity contribution in [1.29, 1.82) is 0 Å². The second-order valence-electron chi connectivity index (χ2n) is 6.50. The molecule has 1 saturated carbocycles. The minimum atomic E-state index is 0.0647. The number of amides is 1. The van der Waals surface area contributed by atoms with Gasteiger partial charge in [0.05, 0.1) is 36.2 Å². The number of pyridine rings is 1. The van der Waals surface area contributed by atoms with Gasteiger partial charge in [-0.05, 0) is 31.9 Å². The summed E-state index contributed by atoms with van der Waals surface area (Å²) in [7, 11) is 0. The van der Waals surface area contributed by atoms with E-state index in [0.29, 0.717) is 18.7 Å². The van der Waals surface area contributed by atoms with E-state index in [4.69, 9.17) is 4.74 Å². The van der Waals surface area contributed by atoms with E-state index in [1.807, 2.05) is 30.0 Å². The summed E-state index contributed by atoms with van der Waals surface area (Å²) < 4.78 is 7.61. The van der Waals surface area contributed by atoms with Gasteiger partial charge in [-0.15, -0.1) is 0 Å². The van der Waals surface area contributed by atoms with Crippen LogP contribution >= 0.6 is 0 Å². The summed E-state index contributed by atoms with van der Waals surface area (Å²) in [6.45, 7) is 3.21. The molecule has 1 aliphatic heterocycles. The van der Waals surface area contributed by atoms with Gasteiger partial charge in [0.2, 0.25) is 0 Å². The van der Waals surface area contributed by atoms with Gasteiger partial charge >= 0.3 is 0 Å². The van der Waals surface area contributed by atoms with E-state index in [1.165, 1.54) is 12.8 Å². The zero-order valence-electron chi connectivity index (χ0n) is 13.9. The highest BCUT2D eigenvalue weighted by Gasteiger charge is 2.37. The van der Waals surface area contributed by atoms with E-state index in [9.17, 15) is 4.79 Å². The lowest BCUT2D eigenvalue weighted by Crippen LogP contribution is -2.54. The number of carbonyl (C=O) groups excluding carboxylic acids is 1. The minimum absolute atomic E-state index is 0.0647. The van der Waals surface area contributed by atoms with Crippen molar-refractivity contribution in [2.75, 3.05) is 13.2 Å². The number of morpholine rings is 1. The van der Waals surface area contributed by atoms with Crippen molar-refractivity contribution in [3.05, 3.63) is 41.9 Å². The van der Waals surface area contributed by atoms with Gasteiger partial charge in [0.15, 0.2) is 5.82 Å². The topological polar surface area (TPSA) is 60.3 Å². The Bertz CT molecular complexity index is 726. The first kappa shape index (κ1) is 15.3. The SMILES string of the molecule is Cc1c(C(=O)N2CCO[C@@H]3CCCC[C@H]32)cnn1-c1ccccn1. The molecule has 0 bridgehead atoms. The number of nitrogens with zero attached hydrogens (tertiary/aromatic N) is 4. The normalized spacial score (nSPS) is 23.8. The van der Waals surface area contributed by atoms with Crippen LogP contribution in [0.5, 0.6) is 0 Å². The van der Waals surface area contributed by atoms with Gasteiger partial charge in [-0.1, -0.05) is 18.9 Å². The predicted molar refractivity (Wildman–Crippen MR) is 89.1 cm³/mol. The quantitative estimate of drug-likeness (QED) is 0.850. The van der Waals surface area contributed by atoms with Crippen LogP contribution in [0.3, 0.4) is 0 Å². The lowest BCUT2D eigenvalue weighted by molar-refractivity contribution is -0.0753. The first-order valence-electron chi connectivity index (χ1n) is 8.64. The Labute approximate surface area is 141 Å². The van der Waals surface area contributed by atoms with Crippen LogP contribution in [0, 0.1) is 6.92 Å². The molecule has 0 unspecified atom stereocenters. The van der Waals surface area contributed by atoms with Crippen molar-refractivity contribution in [1.82, 2.24) is 19.7 Å². The fourth-order valence-corrected chi connectivity index (χ4v) is 3.83. The third-order valence-electron chi connectivity index (χ3n) is 5.10. The highest BCUT2D eigenvalue weighted by Crippen LogP contribution is 2.30. The molecule has 2 aromatic rings. The van der Waals surface area contributed by atoms with Gasteiger partial charge in [-0.2, -0.15) is 5.10 Å². The van der Waals surface area contributed by atoms with Gasteiger partial charge in [0.1, 0.15) is 0 Å². The number of carbonyl (C=O) groups is 1. The van der Waals surface area contributed by atoms with Crippen molar-refractivity contribution < 1.29 is 9.53 Å². The summed E-state index contributed by atoms with van der Waals surface area (Å²) >= 11 is 0. The summed E-state index contributed by atoms with van der Waals surface area (Å²) in [5.41, 5.74) is 1.49. The van der Waals surface area contributed by atoms with Crippen LogP contribution in [0.15, 0.2) is 30.6 Å². The molecule has 2 atom stereocenters.